The number of ether oxygens (including phenoxy) is 3. The first-order valence-electron chi connectivity index (χ1n) is 13.3. The minimum Gasteiger partial charge on any atom is -0.497 e. The van der Waals surface area contributed by atoms with Crippen LogP contribution in [0.15, 0.2) is 71.8 Å². The predicted octanol–water partition coefficient (Wildman–Crippen LogP) is 7.19. The number of rotatable bonds is 11. The van der Waals surface area contributed by atoms with Crippen molar-refractivity contribution in [2.45, 2.75) is 57.7 Å². The maximum atomic E-state index is 11.5. The molecule has 3 aromatic carbocycles. The van der Waals surface area contributed by atoms with Gasteiger partial charge in [-0.05, 0) is 66.6 Å². The molecule has 198 valence electrons. The Bertz CT molecular complexity index is 1290. The number of methoxy groups -OCH3 is 1. The molecule has 0 fully saturated rings. The van der Waals surface area contributed by atoms with Crippen LogP contribution in [-0.4, -0.2) is 29.4 Å². The summed E-state index contributed by atoms with van der Waals surface area (Å²) in [4.78, 5) is 11.1. The molecule has 5 rings (SSSR count). The molecule has 0 bridgehead atoms. The van der Waals surface area contributed by atoms with Gasteiger partial charge in [0.15, 0.2) is 0 Å². The molecule has 2 aliphatic heterocycles. The molecule has 2 atom stereocenters. The topological polar surface area (TPSA) is 86.4 Å². The lowest BCUT2D eigenvalue weighted by molar-refractivity contribution is -0.385. The fourth-order valence-electron chi connectivity index (χ4n) is 4.99. The van der Waals surface area contributed by atoms with E-state index < -0.39 is 6.23 Å². The van der Waals surface area contributed by atoms with Crippen LogP contribution in [0.25, 0.3) is 0 Å². The van der Waals surface area contributed by atoms with Gasteiger partial charge in [-0.2, -0.15) is 5.10 Å². The van der Waals surface area contributed by atoms with Crippen molar-refractivity contribution in [2.75, 3.05) is 13.7 Å². The minimum absolute atomic E-state index is 0.0415. The van der Waals surface area contributed by atoms with Gasteiger partial charge in [-0.1, -0.05) is 32.6 Å². The summed E-state index contributed by atoms with van der Waals surface area (Å²) in [6, 6.07) is 20.3. The first kappa shape index (κ1) is 25.6. The molecule has 38 heavy (non-hydrogen) atoms. The SMILES string of the molecule is CCCCCCCOc1ccc(C2Oc3ccc([N+](=O)[O-])cc3C3CC(c4ccc(OC)cc4)=NN32)cc1. The lowest BCUT2D eigenvalue weighted by Gasteiger charge is -2.38. The quantitative estimate of drug-likeness (QED) is 0.153. The molecule has 0 aromatic heterocycles. The molecule has 0 spiro atoms. The van der Waals surface area contributed by atoms with E-state index in [9.17, 15) is 10.1 Å². The van der Waals surface area contributed by atoms with Gasteiger partial charge >= 0.3 is 0 Å². The van der Waals surface area contributed by atoms with Crippen molar-refractivity contribution in [3.63, 3.8) is 0 Å². The van der Waals surface area contributed by atoms with Gasteiger partial charge in [-0.25, -0.2) is 5.01 Å². The van der Waals surface area contributed by atoms with Crippen LogP contribution in [0.4, 0.5) is 5.69 Å². The Morgan fingerprint density at radius 1 is 1.00 bits per heavy atom. The van der Waals surface area contributed by atoms with Crippen molar-refractivity contribution >= 4 is 11.4 Å². The maximum absolute atomic E-state index is 11.5. The highest BCUT2D eigenvalue weighted by Crippen LogP contribution is 2.48. The third-order valence-corrected chi connectivity index (χ3v) is 7.09. The molecular weight excluding hydrogens is 482 g/mol. The van der Waals surface area contributed by atoms with Crippen LogP contribution in [0, 0.1) is 10.1 Å². The van der Waals surface area contributed by atoms with Gasteiger partial charge in [0, 0.05) is 29.7 Å². The highest BCUT2D eigenvalue weighted by Gasteiger charge is 2.41. The van der Waals surface area contributed by atoms with Crippen LogP contribution in [0.2, 0.25) is 0 Å². The Balaban J connectivity index is 1.39. The van der Waals surface area contributed by atoms with E-state index in [1.807, 2.05) is 53.5 Å². The van der Waals surface area contributed by atoms with Gasteiger partial charge in [0.1, 0.15) is 17.2 Å². The summed E-state index contributed by atoms with van der Waals surface area (Å²) in [5.74, 6) is 2.24. The van der Waals surface area contributed by atoms with Gasteiger partial charge in [-0.15, -0.1) is 0 Å². The number of benzene rings is 3. The summed E-state index contributed by atoms with van der Waals surface area (Å²) in [6.45, 7) is 2.92. The van der Waals surface area contributed by atoms with E-state index in [2.05, 4.69) is 6.92 Å². The molecule has 2 heterocycles. The van der Waals surface area contributed by atoms with Gasteiger partial charge in [0.2, 0.25) is 6.23 Å². The molecule has 0 saturated heterocycles. The number of unbranched alkanes of at least 4 members (excludes halogenated alkanes) is 4. The van der Waals surface area contributed by atoms with E-state index in [0.29, 0.717) is 18.8 Å². The van der Waals surface area contributed by atoms with Crippen molar-refractivity contribution in [1.82, 2.24) is 5.01 Å². The Morgan fingerprint density at radius 2 is 1.74 bits per heavy atom. The zero-order valence-corrected chi connectivity index (χ0v) is 21.8. The fourth-order valence-corrected chi connectivity index (χ4v) is 4.99. The first-order valence-corrected chi connectivity index (χ1v) is 13.3. The Morgan fingerprint density at radius 3 is 2.45 bits per heavy atom. The summed E-state index contributed by atoms with van der Waals surface area (Å²) >= 11 is 0. The highest BCUT2D eigenvalue weighted by atomic mass is 16.6. The van der Waals surface area contributed by atoms with E-state index in [4.69, 9.17) is 19.3 Å². The van der Waals surface area contributed by atoms with Crippen LogP contribution in [0.1, 0.15) is 74.4 Å². The van der Waals surface area contributed by atoms with Crippen molar-refractivity contribution in [3.05, 3.63) is 93.5 Å². The average Bonchev–Trinajstić information content (AvgIpc) is 3.40. The molecule has 0 amide bonds. The number of hydrogen-bond acceptors (Lipinski definition) is 7. The Kier molecular flexibility index (Phi) is 7.77. The van der Waals surface area contributed by atoms with Crippen molar-refractivity contribution in [2.24, 2.45) is 5.10 Å². The van der Waals surface area contributed by atoms with Crippen molar-refractivity contribution in [1.29, 1.82) is 0 Å². The minimum atomic E-state index is -0.465. The number of fused-ring (bicyclic) bond motifs is 3. The largest absolute Gasteiger partial charge is 0.497 e. The Labute approximate surface area is 223 Å². The monoisotopic (exact) mass is 515 g/mol. The Hall–Kier alpha value is -4.07. The second-order valence-corrected chi connectivity index (χ2v) is 9.66. The zero-order valence-electron chi connectivity index (χ0n) is 21.8. The molecule has 0 N–H and O–H groups in total. The van der Waals surface area contributed by atoms with Gasteiger partial charge in [0.25, 0.3) is 5.69 Å². The molecule has 2 unspecified atom stereocenters. The first-order chi connectivity index (χ1) is 18.6. The van der Waals surface area contributed by atoms with Crippen LogP contribution >= 0.6 is 0 Å². The van der Waals surface area contributed by atoms with E-state index in [1.165, 1.54) is 31.7 Å². The smallest absolute Gasteiger partial charge is 0.270 e. The van der Waals surface area contributed by atoms with Crippen LogP contribution in [0.3, 0.4) is 0 Å². The molecule has 0 radical (unpaired) electrons. The van der Waals surface area contributed by atoms with Gasteiger partial charge in [-0.3, -0.25) is 10.1 Å². The predicted molar refractivity (Wildman–Crippen MR) is 146 cm³/mol. The molecule has 2 aliphatic rings. The van der Waals surface area contributed by atoms with E-state index >= 15 is 0 Å². The van der Waals surface area contributed by atoms with Crippen LogP contribution in [-0.2, 0) is 0 Å². The average molecular weight is 516 g/mol. The molecule has 0 saturated carbocycles. The molecule has 8 nitrogen and oxygen atoms in total. The summed E-state index contributed by atoms with van der Waals surface area (Å²) in [7, 11) is 1.64. The number of nitro groups is 1. The van der Waals surface area contributed by atoms with E-state index in [1.54, 1.807) is 19.2 Å². The van der Waals surface area contributed by atoms with E-state index in [-0.39, 0.29) is 16.7 Å². The number of hydrazone groups is 1. The number of nitro benzene ring substituents is 1. The molecule has 8 heteroatoms. The van der Waals surface area contributed by atoms with Crippen LogP contribution in [0.5, 0.6) is 17.2 Å². The van der Waals surface area contributed by atoms with Gasteiger partial charge in [0.05, 0.1) is 30.4 Å². The summed E-state index contributed by atoms with van der Waals surface area (Å²) in [5, 5.41) is 18.4. The molecule has 0 aliphatic carbocycles. The van der Waals surface area contributed by atoms with Gasteiger partial charge < -0.3 is 14.2 Å². The zero-order chi connectivity index (χ0) is 26.5. The maximum Gasteiger partial charge on any atom is 0.270 e. The number of non-ortho nitro benzene ring substituents is 1. The highest BCUT2D eigenvalue weighted by molar-refractivity contribution is 6.02. The molecule has 3 aromatic rings. The fraction of sp³-hybridized carbons (Fsp3) is 0.367. The van der Waals surface area contributed by atoms with Crippen molar-refractivity contribution < 1.29 is 19.1 Å². The second kappa shape index (κ2) is 11.5. The third kappa shape index (κ3) is 5.44. The second-order valence-electron chi connectivity index (χ2n) is 9.66. The number of hydrogen-bond donors (Lipinski definition) is 0. The standard InChI is InChI=1S/C30H33N3O5/c1-3-4-5-6-7-18-37-25-15-10-22(11-16-25)30-32-28(26-19-23(33(34)35)12-17-29(26)38-30)20-27(31-32)21-8-13-24(36-2)14-9-21/h8-17,19,28,30H,3-7,18,20H2,1-2H3. The third-order valence-electron chi connectivity index (χ3n) is 7.09. The molecular formula is C30H33N3O5. The summed E-state index contributed by atoms with van der Waals surface area (Å²) < 4.78 is 17.6. The van der Waals surface area contributed by atoms with Crippen LogP contribution < -0.4 is 14.2 Å². The lowest BCUT2D eigenvalue weighted by atomic mass is 9.95. The summed E-state index contributed by atoms with van der Waals surface area (Å²) in [6.07, 6.45) is 6.13. The van der Waals surface area contributed by atoms with E-state index in [0.717, 1.165) is 40.3 Å². The normalized spacial score (nSPS) is 17.7. The van der Waals surface area contributed by atoms with Crippen molar-refractivity contribution in [3.8, 4) is 17.2 Å². The number of nitrogens with zero attached hydrogens (tertiary/aromatic N) is 3. The summed E-state index contributed by atoms with van der Waals surface area (Å²) in [5.41, 5.74) is 3.63. The lowest BCUT2D eigenvalue weighted by Crippen LogP contribution is -2.33.